The van der Waals surface area contributed by atoms with Gasteiger partial charge in [0.25, 0.3) is 0 Å². The molecule has 0 aliphatic heterocycles. The van der Waals surface area contributed by atoms with E-state index < -0.39 is 23.7 Å². The van der Waals surface area contributed by atoms with Crippen molar-refractivity contribution < 1.29 is 22.7 Å². The molecular weight excluding hydrogens is 298 g/mol. The number of benzene rings is 1. The largest absolute Gasteiger partial charge is 0.418 e. The second kappa shape index (κ2) is 5.38. The van der Waals surface area contributed by atoms with Crippen LogP contribution in [0.25, 0.3) is 11.1 Å². The Hall–Kier alpha value is -1.66. The third-order valence-corrected chi connectivity index (χ3v) is 2.91. The number of aliphatic hydroxyl groups excluding tert-OH is 1. The number of aliphatic hydroxyl groups is 1. The molecule has 0 saturated carbocycles. The van der Waals surface area contributed by atoms with Crippen LogP contribution in [0.5, 0.6) is 0 Å². The Kier molecular flexibility index (Phi) is 3.96. The summed E-state index contributed by atoms with van der Waals surface area (Å²) in [7, 11) is 0. The van der Waals surface area contributed by atoms with Crippen LogP contribution in [0.3, 0.4) is 0 Å². The summed E-state index contributed by atoms with van der Waals surface area (Å²) < 4.78 is 51.6. The predicted octanol–water partition coefficient (Wildman–Crippen LogP) is 4.14. The van der Waals surface area contributed by atoms with Gasteiger partial charge in [0, 0.05) is 28.5 Å². The number of nitrogens with zero attached hydrogens (tertiary/aromatic N) is 1. The number of hydrogen-bond donors (Lipinski definition) is 1. The van der Waals surface area contributed by atoms with Gasteiger partial charge in [-0.15, -0.1) is 0 Å². The summed E-state index contributed by atoms with van der Waals surface area (Å²) in [5.41, 5.74) is -0.685. The maximum atomic E-state index is 13.8. The Morgan fingerprint density at radius 2 is 1.85 bits per heavy atom. The fourth-order valence-corrected chi connectivity index (χ4v) is 1.91. The molecule has 1 heterocycles. The summed E-state index contributed by atoms with van der Waals surface area (Å²) >= 11 is 5.60. The number of alkyl halides is 3. The topological polar surface area (TPSA) is 33.1 Å². The molecule has 0 aliphatic rings. The monoisotopic (exact) mass is 305 g/mol. The minimum absolute atomic E-state index is 0.0843. The van der Waals surface area contributed by atoms with E-state index in [2.05, 4.69) is 4.98 Å². The van der Waals surface area contributed by atoms with Gasteiger partial charge in [-0.1, -0.05) is 11.6 Å². The molecule has 1 aromatic carbocycles. The molecule has 0 spiro atoms. The first-order chi connectivity index (χ1) is 9.30. The van der Waals surface area contributed by atoms with Crippen LogP contribution in [-0.2, 0) is 0 Å². The molecule has 2 nitrogen and oxygen atoms in total. The van der Waals surface area contributed by atoms with Crippen molar-refractivity contribution in [2.75, 3.05) is 0 Å². The van der Waals surface area contributed by atoms with Crippen LogP contribution in [0.15, 0.2) is 36.7 Å². The molecule has 0 fully saturated rings. The lowest BCUT2D eigenvalue weighted by atomic mass is 9.97. The van der Waals surface area contributed by atoms with Crippen molar-refractivity contribution in [3.05, 3.63) is 53.1 Å². The van der Waals surface area contributed by atoms with Gasteiger partial charge in [0.2, 0.25) is 0 Å². The lowest BCUT2D eigenvalue weighted by Gasteiger charge is -2.18. The zero-order valence-electron chi connectivity index (χ0n) is 9.83. The molecule has 7 heteroatoms. The van der Waals surface area contributed by atoms with Crippen LogP contribution in [0.1, 0.15) is 11.7 Å². The van der Waals surface area contributed by atoms with Crippen LogP contribution in [-0.4, -0.2) is 16.3 Å². The Morgan fingerprint density at radius 3 is 2.45 bits per heavy atom. The highest BCUT2D eigenvalue weighted by molar-refractivity contribution is 6.30. The van der Waals surface area contributed by atoms with Gasteiger partial charge in [-0.05, 0) is 29.8 Å². The van der Waals surface area contributed by atoms with Gasteiger partial charge in [0.15, 0.2) is 6.10 Å². The molecular formula is C13H8ClF4NO. The van der Waals surface area contributed by atoms with Crippen molar-refractivity contribution in [1.29, 1.82) is 0 Å². The summed E-state index contributed by atoms with van der Waals surface area (Å²) in [5, 5.41) is 9.45. The molecule has 1 aromatic heterocycles. The minimum atomic E-state index is -4.86. The third kappa shape index (κ3) is 2.91. The van der Waals surface area contributed by atoms with Crippen molar-refractivity contribution in [3.63, 3.8) is 0 Å². The molecule has 0 saturated heterocycles. The van der Waals surface area contributed by atoms with Gasteiger partial charge in [-0.2, -0.15) is 13.2 Å². The molecule has 0 aliphatic carbocycles. The van der Waals surface area contributed by atoms with Crippen molar-refractivity contribution in [2.24, 2.45) is 0 Å². The number of pyridine rings is 1. The highest BCUT2D eigenvalue weighted by Crippen LogP contribution is 2.38. The molecule has 1 atom stereocenters. The van der Waals surface area contributed by atoms with Crippen LogP contribution in [0.4, 0.5) is 17.6 Å². The Bertz CT molecular complexity index is 630. The maximum absolute atomic E-state index is 13.8. The maximum Gasteiger partial charge on any atom is 0.418 e. The van der Waals surface area contributed by atoms with Gasteiger partial charge in [-0.25, -0.2) is 4.39 Å². The first-order valence-corrected chi connectivity index (χ1v) is 5.82. The average Bonchev–Trinajstić information content (AvgIpc) is 2.37. The smallest absolute Gasteiger partial charge is 0.379 e. The van der Waals surface area contributed by atoms with Gasteiger partial charge in [-0.3, -0.25) is 4.98 Å². The zero-order valence-corrected chi connectivity index (χ0v) is 10.6. The number of rotatable bonds is 2. The molecule has 0 amide bonds. The average molecular weight is 306 g/mol. The molecule has 0 bridgehead atoms. The van der Waals surface area contributed by atoms with E-state index in [1.807, 2.05) is 0 Å². The number of aromatic nitrogens is 1. The van der Waals surface area contributed by atoms with Crippen LogP contribution >= 0.6 is 11.6 Å². The predicted molar refractivity (Wildman–Crippen MR) is 65.7 cm³/mol. The minimum Gasteiger partial charge on any atom is -0.379 e. The van der Waals surface area contributed by atoms with Gasteiger partial charge < -0.3 is 5.11 Å². The highest BCUT2D eigenvalue weighted by Gasteiger charge is 2.40. The van der Waals surface area contributed by atoms with E-state index >= 15 is 0 Å². The second-order valence-corrected chi connectivity index (χ2v) is 4.47. The van der Waals surface area contributed by atoms with E-state index in [-0.39, 0.29) is 16.1 Å². The fourth-order valence-electron chi connectivity index (χ4n) is 1.75. The van der Waals surface area contributed by atoms with E-state index in [0.717, 1.165) is 12.3 Å². The molecule has 2 aromatic rings. The molecule has 2 rings (SSSR count). The fraction of sp³-hybridized carbons (Fsp3) is 0.154. The van der Waals surface area contributed by atoms with Crippen LogP contribution in [0, 0.1) is 5.82 Å². The SMILES string of the molecule is OC(c1cnccc1-c1ccc(Cl)cc1F)C(F)(F)F. The number of hydrogen-bond acceptors (Lipinski definition) is 2. The van der Waals surface area contributed by atoms with Crippen molar-refractivity contribution in [1.82, 2.24) is 4.98 Å². The van der Waals surface area contributed by atoms with E-state index in [1.54, 1.807) is 0 Å². The van der Waals surface area contributed by atoms with Crippen molar-refractivity contribution in [2.45, 2.75) is 12.3 Å². The standard InChI is InChI=1S/C13H8ClF4NO/c14-7-1-2-9(11(15)5-7)8-3-4-19-6-10(8)12(20)13(16,17)18/h1-6,12,20H. The summed E-state index contributed by atoms with van der Waals surface area (Å²) in [5.74, 6) is -0.778. The van der Waals surface area contributed by atoms with E-state index in [0.29, 0.717) is 0 Å². The summed E-state index contributed by atoms with van der Waals surface area (Å²) in [6, 6.07) is 4.79. The van der Waals surface area contributed by atoms with Crippen LogP contribution in [0.2, 0.25) is 5.02 Å². The normalized spacial score (nSPS) is 13.3. The van der Waals surface area contributed by atoms with E-state index in [9.17, 15) is 22.7 Å². The van der Waals surface area contributed by atoms with Gasteiger partial charge in [0.05, 0.1) is 0 Å². The first-order valence-electron chi connectivity index (χ1n) is 5.45. The molecule has 1 unspecified atom stereocenters. The molecule has 20 heavy (non-hydrogen) atoms. The highest BCUT2D eigenvalue weighted by atomic mass is 35.5. The Balaban J connectivity index is 2.58. The molecule has 106 valence electrons. The van der Waals surface area contributed by atoms with Crippen LogP contribution < -0.4 is 0 Å². The molecule has 0 radical (unpaired) electrons. The van der Waals surface area contributed by atoms with E-state index in [4.69, 9.17) is 11.6 Å². The summed E-state index contributed by atoms with van der Waals surface area (Å²) in [6.07, 6.45) is -5.51. The van der Waals surface area contributed by atoms with Crippen molar-refractivity contribution in [3.8, 4) is 11.1 Å². The van der Waals surface area contributed by atoms with Gasteiger partial charge in [0.1, 0.15) is 5.82 Å². The Labute approximate surface area is 116 Å². The lowest BCUT2D eigenvalue weighted by molar-refractivity contribution is -0.206. The first kappa shape index (κ1) is 14.7. The lowest BCUT2D eigenvalue weighted by Crippen LogP contribution is -2.21. The summed E-state index contributed by atoms with van der Waals surface area (Å²) in [4.78, 5) is 3.54. The molecule has 1 N–H and O–H groups in total. The van der Waals surface area contributed by atoms with E-state index in [1.165, 1.54) is 24.4 Å². The van der Waals surface area contributed by atoms with Crippen molar-refractivity contribution >= 4 is 11.6 Å². The second-order valence-electron chi connectivity index (χ2n) is 4.03. The Morgan fingerprint density at radius 1 is 1.15 bits per heavy atom. The van der Waals surface area contributed by atoms with Gasteiger partial charge >= 0.3 is 6.18 Å². The number of halogens is 5. The zero-order chi connectivity index (χ0) is 14.9. The third-order valence-electron chi connectivity index (χ3n) is 2.68. The quantitative estimate of drug-likeness (QED) is 0.846. The summed E-state index contributed by atoms with van der Waals surface area (Å²) in [6.45, 7) is 0.